The maximum Gasteiger partial charge on any atom is 0.201 e. The summed E-state index contributed by atoms with van der Waals surface area (Å²) < 4.78 is 2.05. The molecule has 0 aliphatic heterocycles. The number of anilines is 1. The molecule has 2 heterocycles. The fourth-order valence-electron chi connectivity index (χ4n) is 1.60. The second-order valence-electron chi connectivity index (χ2n) is 3.33. The van der Waals surface area contributed by atoms with Gasteiger partial charge in [-0.05, 0) is 24.5 Å². The topological polar surface area (TPSA) is 56.7 Å². The van der Waals surface area contributed by atoms with Crippen LogP contribution in [0.3, 0.4) is 0 Å². The van der Waals surface area contributed by atoms with Gasteiger partial charge in [0.1, 0.15) is 5.52 Å². The smallest absolute Gasteiger partial charge is 0.201 e. The molecule has 0 fully saturated rings. The first-order valence-corrected chi connectivity index (χ1v) is 6.27. The molecule has 4 nitrogen and oxygen atoms in total. The van der Waals surface area contributed by atoms with Gasteiger partial charge in [0.25, 0.3) is 0 Å². The minimum absolute atomic E-state index is 0.583. The van der Waals surface area contributed by atoms with E-state index in [1.807, 2.05) is 22.4 Å². The largest absolute Gasteiger partial charge is 0.369 e. The van der Waals surface area contributed by atoms with Crippen molar-refractivity contribution in [2.45, 2.75) is 13.0 Å². The second kappa shape index (κ2) is 4.53. The highest BCUT2D eigenvalue weighted by atomic mass is 32.2. The number of hydrogen-bond acceptors (Lipinski definition) is 4. The predicted molar refractivity (Wildman–Crippen MR) is 64.9 cm³/mol. The van der Waals surface area contributed by atoms with Crippen LogP contribution < -0.4 is 5.73 Å². The Labute approximate surface area is 92.9 Å². The van der Waals surface area contributed by atoms with Crippen molar-refractivity contribution in [1.29, 1.82) is 0 Å². The molecule has 2 aromatic heterocycles. The Morgan fingerprint density at radius 1 is 1.53 bits per heavy atom. The molecule has 2 N–H and O–H groups in total. The quantitative estimate of drug-likeness (QED) is 0.801. The fourth-order valence-corrected chi connectivity index (χ4v) is 2.02. The average molecular weight is 222 g/mol. The molecule has 15 heavy (non-hydrogen) atoms. The third kappa shape index (κ3) is 2.07. The molecule has 0 aliphatic carbocycles. The molecule has 0 atom stereocenters. The number of imidazole rings is 1. The number of nitrogens with zero attached hydrogens (tertiary/aromatic N) is 3. The molecule has 0 bridgehead atoms. The SMILES string of the molecule is CSCCCn1c(N)nc2cnccc21. The molecule has 0 unspecified atom stereocenters. The van der Waals surface area contributed by atoms with Gasteiger partial charge < -0.3 is 10.3 Å². The van der Waals surface area contributed by atoms with Crippen LogP contribution in [0.2, 0.25) is 0 Å². The van der Waals surface area contributed by atoms with Crippen molar-refractivity contribution < 1.29 is 0 Å². The van der Waals surface area contributed by atoms with Crippen LogP contribution in [0.1, 0.15) is 6.42 Å². The second-order valence-corrected chi connectivity index (χ2v) is 4.32. The minimum atomic E-state index is 0.583. The summed E-state index contributed by atoms with van der Waals surface area (Å²) in [6, 6.07) is 1.96. The summed E-state index contributed by atoms with van der Waals surface area (Å²) >= 11 is 1.85. The van der Waals surface area contributed by atoms with Crippen molar-refractivity contribution in [3.05, 3.63) is 18.5 Å². The number of aromatic nitrogens is 3. The van der Waals surface area contributed by atoms with Gasteiger partial charge in [-0.25, -0.2) is 4.98 Å². The van der Waals surface area contributed by atoms with E-state index in [4.69, 9.17) is 5.73 Å². The van der Waals surface area contributed by atoms with Crippen LogP contribution in [0.5, 0.6) is 0 Å². The monoisotopic (exact) mass is 222 g/mol. The summed E-state index contributed by atoms with van der Waals surface area (Å²) in [6.07, 6.45) is 6.74. The van der Waals surface area contributed by atoms with Crippen LogP contribution in [0.25, 0.3) is 11.0 Å². The van der Waals surface area contributed by atoms with Crippen molar-refractivity contribution in [2.24, 2.45) is 0 Å². The summed E-state index contributed by atoms with van der Waals surface area (Å²) in [6.45, 7) is 0.924. The van der Waals surface area contributed by atoms with Gasteiger partial charge in [-0.15, -0.1) is 0 Å². The summed E-state index contributed by atoms with van der Waals surface area (Å²) in [5.74, 6) is 1.73. The van der Waals surface area contributed by atoms with Crippen molar-refractivity contribution in [3.63, 3.8) is 0 Å². The molecule has 80 valence electrons. The number of aryl methyl sites for hydroxylation is 1. The zero-order chi connectivity index (χ0) is 10.7. The van der Waals surface area contributed by atoms with Crippen LogP contribution in [0, 0.1) is 0 Å². The maximum absolute atomic E-state index is 5.85. The molecular formula is C10H14N4S. The summed E-state index contributed by atoms with van der Waals surface area (Å²) in [7, 11) is 0. The molecule has 0 spiro atoms. The zero-order valence-corrected chi connectivity index (χ0v) is 9.50. The molecule has 0 saturated carbocycles. The van der Waals surface area contributed by atoms with E-state index in [0.29, 0.717) is 5.95 Å². The van der Waals surface area contributed by atoms with Gasteiger partial charge in [0.15, 0.2) is 0 Å². The van der Waals surface area contributed by atoms with Crippen LogP contribution in [0.15, 0.2) is 18.5 Å². The number of hydrogen-bond donors (Lipinski definition) is 1. The number of pyridine rings is 1. The van der Waals surface area contributed by atoms with Crippen molar-refractivity contribution in [2.75, 3.05) is 17.7 Å². The molecule has 0 aliphatic rings. The lowest BCUT2D eigenvalue weighted by molar-refractivity contribution is 0.712. The Kier molecular flexibility index (Phi) is 3.11. The predicted octanol–water partition coefficient (Wildman–Crippen LogP) is 1.77. The summed E-state index contributed by atoms with van der Waals surface area (Å²) in [5, 5.41) is 0. The Morgan fingerprint density at radius 3 is 3.20 bits per heavy atom. The van der Waals surface area contributed by atoms with Gasteiger partial charge in [0.05, 0.1) is 11.7 Å². The van der Waals surface area contributed by atoms with Crippen molar-refractivity contribution in [3.8, 4) is 0 Å². The number of rotatable bonds is 4. The number of fused-ring (bicyclic) bond motifs is 1. The highest BCUT2D eigenvalue weighted by Gasteiger charge is 2.06. The summed E-state index contributed by atoms with van der Waals surface area (Å²) in [4.78, 5) is 8.29. The number of nitrogens with two attached hydrogens (primary N) is 1. The van der Waals surface area contributed by atoms with Crippen LogP contribution in [0.4, 0.5) is 5.95 Å². The standard InChI is InChI=1S/C10H14N4S/c1-15-6-2-5-14-9-3-4-12-7-8(9)13-10(14)11/h3-4,7H,2,5-6H2,1H3,(H2,11,13). The van der Waals surface area contributed by atoms with Gasteiger partial charge in [0.2, 0.25) is 5.95 Å². The van der Waals surface area contributed by atoms with E-state index < -0.39 is 0 Å². The van der Waals surface area contributed by atoms with E-state index in [0.717, 1.165) is 29.8 Å². The molecule has 0 radical (unpaired) electrons. The van der Waals surface area contributed by atoms with E-state index in [1.165, 1.54) is 0 Å². The Bertz CT molecular complexity index is 452. The summed E-state index contributed by atoms with van der Waals surface area (Å²) in [5.41, 5.74) is 7.80. The molecule has 0 saturated heterocycles. The molecular weight excluding hydrogens is 208 g/mol. The van der Waals surface area contributed by atoms with E-state index in [1.54, 1.807) is 12.4 Å². The zero-order valence-electron chi connectivity index (χ0n) is 8.68. The first kappa shape index (κ1) is 10.3. The van der Waals surface area contributed by atoms with E-state index >= 15 is 0 Å². The van der Waals surface area contributed by atoms with Crippen LogP contribution in [-0.2, 0) is 6.54 Å². The van der Waals surface area contributed by atoms with E-state index in [-0.39, 0.29) is 0 Å². The Balaban J connectivity index is 2.28. The van der Waals surface area contributed by atoms with E-state index in [9.17, 15) is 0 Å². The molecule has 0 aromatic carbocycles. The lowest BCUT2D eigenvalue weighted by Gasteiger charge is -2.04. The van der Waals surface area contributed by atoms with Crippen LogP contribution in [-0.4, -0.2) is 26.5 Å². The highest BCUT2D eigenvalue weighted by Crippen LogP contribution is 2.16. The molecule has 0 amide bonds. The first-order chi connectivity index (χ1) is 7.33. The third-order valence-electron chi connectivity index (χ3n) is 2.31. The molecule has 2 rings (SSSR count). The van der Waals surface area contributed by atoms with Gasteiger partial charge >= 0.3 is 0 Å². The van der Waals surface area contributed by atoms with Crippen LogP contribution >= 0.6 is 11.8 Å². The van der Waals surface area contributed by atoms with E-state index in [2.05, 4.69) is 16.2 Å². The van der Waals surface area contributed by atoms with Gasteiger partial charge in [0, 0.05) is 12.7 Å². The Morgan fingerprint density at radius 2 is 2.40 bits per heavy atom. The average Bonchev–Trinajstić information content (AvgIpc) is 2.56. The first-order valence-electron chi connectivity index (χ1n) is 4.87. The van der Waals surface area contributed by atoms with Gasteiger partial charge in [-0.3, -0.25) is 4.98 Å². The minimum Gasteiger partial charge on any atom is -0.369 e. The number of thioether (sulfide) groups is 1. The fraction of sp³-hybridized carbons (Fsp3) is 0.400. The van der Waals surface area contributed by atoms with Gasteiger partial charge in [-0.2, -0.15) is 11.8 Å². The lowest BCUT2D eigenvalue weighted by atomic mass is 10.4. The number of nitrogen functional groups attached to an aromatic ring is 1. The highest BCUT2D eigenvalue weighted by molar-refractivity contribution is 7.98. The maximum atomic E-state index is 5.85. The van der Waals surface area contributed by atoms with Crippen molar-refractivity contribution in [1.82, 2.24) is 14.5 Å². The van der Waals surface area contributed by atoms with Gasteiger partial charge in [-0.1, -0.05) is 0 Å². The molecule has 2 aromatic rings. The molecule has 5 heteroatoms. The Hall–Kier alpha value is -1.23. The normalized spacial score (nSPS) is 11.0. The van der Waals surface area contributed by atoms with Crippen molar-refractivity contribution >= 4 is 28.7 Å². The third-order valence-corrected chi connectivity index (χ3v) is 3.01. The lowest BCUT2D eigenvalue weighted by Crippen LogP contribution is -2.04.